The molecule has 3 aromatic rings. The number of aromatic amines is 1. The predicted molar refractivity (Wildman–Crippen MR) is 136 cm³/mol. The van der Waals surface area contributed by atoms with Gasteiger partial charge in [-0.1, -0.05) is 18.1 Å². The summed E-state index contributed by atoms with van der Waals surface area (Å²) in [6, 6.07) is 4.90. The first-order valence-corrected chi connectivity index (χ1v) is 12.5. The van der Waals surface area contributed by atoms with E-state index in [4.69, 9.17) is 15.9 Å². The number of rotatable bonds is 6. The number of hydrogen-bond acceptors (Lipinski definition) is 11. The summed E-state index contributed by atoms with van der Waals surface area (Å²) in [7, 11) is 0. The van der Waals surface area contributed by atoms with Crippen molar-refractivity contribution in [2.45, 2.75) is 44.8 Å². The molecule has 37 heavy (non-hydrogen) atoms. The predicted octanol–water partition coefficient (Wildman–Crippen LogP) is 1.39. The van der Waals surface area contributed by atoms with Crippen molar-refractivity contribution in [3.8, 4) is 17.3 Å². The second-order valence-electron chi connectivity index (χ2n) is 9.62. The maximum absolute atomic E-state index is 14.2. The third-order valence-corrected chi connectivity index (χ3v) is 7.33. The van der Waals surface area contributed by atoms with Crippen LogP contribution >= 0.6 is 0 Å². The number of hydrogen-bond donors (Lipinski definition) is 4. The lowest BCUT2D eigenvalue weighted by Crippen LogP contribution is -2.59. The Labute approximate surface area is 213 Å². The average molecular weight is 514 g/mol. The molecule has 0 radical (unpaired) electrons. The van der Waals surface area contributed by atoms with Crippen molar-refractivity contribution >= 4 is 17.7 Å². The lowest BCUT2D eigenvalue weighted by atomic mass is 9.98. The van der Waals surface area contributed by atoms with Gasteiger partial charge in [0.25, 0.3) is 11.4 Å². The fourth-order valence-electron chi connectivity index (χ4n) is 5.39. The summed E-state index contributed by atoms with van der Waals surface area (Å²) in [6.07, 6.45) is 2.91. The molecule has 0 spiro atoms. The number of nitrogens with zero attached hydrogens (tertiary/aromatic N) is 6. The molecule has 13 heteroatoms. The average Bonchev–Trinajstić information content (AvgIpc) is 3.33. The van der Waals surface area contributed by atoms with E-state index in [1.54, 1.807) is 6.07 Å². The number of phenolic OH excluding ortho intramolecular Hbond substituents is 1. The Kier molecular flexibility index (Phi) is 6.98. The molecule has 6 N–H and O–H groups in total. The molecule has 0 amide bonds. The van der Waals surface area contributed by atoms with Gasteiger partial charge in [-0.25, -0.2) is 9.37 Å². The maximum Gasteiger partial charge on any atom is 0.313 e. The zero-order valence-electron chi connectivity index (χ0n) is 20.7. The molecule has 0 saturated carbocycles. The number of benzene rings is 1. The molecule has 0 bridgehead atoms. The van der Waals surface area contributed by atoms with E-state index in [9.17, 15) is 14.3 Å². The van der Waals surface area contributed by atoms with E-state index in [0.29, 0.717) is 31.2 Å². The van der Waals surface area contributed by atoms with E-state index >= 15 is 0 Å². The molecule has 1 aromatic carbocycles. The van der Waals surface area contributed by atoms with E-state index < -0.39 is 0 Å². The minimum atomic E-state index is -0.376. The summed E-state index contributed by atoms with van der Waals surface area (Å²) in [4.78, 5) is 26.7. The first kappa shape index (κ1) is 25.0. The standard InChI is InChI=1S/C24H32FN9O3/c1-2-15-13-33(21-22(36)28-19(20(26)29-21)23-30-31-24(27)37-23)9-10-34(15)16-5-7-32(8-6-16)12-14-3-4-17(35)11-18(14)25/h3-4,11,15-16,35H,2,5-10,12-13H2,1H3,(H2,26,29)(H2,27,31)(H,28,36). The Morgan fingerprint density at radius 1 is 1.19 bits per heavy atom. The minimum Gasteiger partial charge on any atom is -0.508 e. The Morgan fingerprint density at radius 3 is 2.65 bits per heavy atom. The molecule has 1 atom stereocenters. The highest BCUT2D eigenvalue weighted by Crippen LogP contribution is 2.27. The van der Waals surface area contributed by atoms with Crippen LogP contribution in [-0.4, -0.2) is 79.9 Å². The van der Waals surface area contributed by atoms with Crippen molar-refractivity contribution in [1.29, 1.82) is 0 Å². The Hall–Kier alpha value is -3.71. The summed E-state index contributed by atoms with van der Waals surface area (Å²) >= 11 is 0. The van der Waals surface area contributed by atoms with Crippen LogP contribution < -0.4 is 21.9 Å². The number of nitrogen functional groups attached to an aromatic ring is 2. The highest BCUT2D eigenvalue weighted by molar-refractivity contribution is 5.64. The summed E-state index contributed by atoms with van der Waals surface area (Å²) in [5.74, 6) is -0.0500. The first-order chi connectivity index (χ1) is 17.8. The number of phenols is 1. The zero-order valence-corrected chi connectivity index (χ0v) is 20.7. The summed E-state index contributed by atoms with van der Waals surface area (Å²) in [5.41, 5.74) is 12.0. The lowest BCUT2D eigenvalue weighted by molar-refractivity contribution is 0.0607. The van der Waals surface area contributed by atoms with Gasteiger partial charge >= 0.3 is 6.01 Å². The van der Waals surface area contributed by atoms with Crippen molar-refractivity contribution in [1.82, 2.24) is 30.0 Å². The Balaban J connectivity index is 1.22. The number of piperazine rings is 1. The van der Waals surface area contributed by atoms with Gasteiger partial charge in [0.15, 0.2) is 11.6 Å². The number of H-pyrrole nitrogens is 1. The summed E-state index contributed by atoms with van der Waals surface area (Å²) in [6.45, 7) is 6.56. The summed E-state index contributed by atoms with van der Waals surface area (Å²) in [5, 5.41) is 16.8. The fourth-order valence-corrected chi connectivity index (χ4v) is 5.39. The van der Waals surface area contributed by atoms with Gasteiger partial charge in [0.05, 0.1) is 0 Å². The van der Waals surface area contributed by atoms with Gasteiger partial charge < -0.3 is 30.9 Å². The monoisotopic (exact) mass is 513 g/mol. The van der Waals surface area contributed by atoms with Crippen molar-refractivity contribution in [3.05, 3.63) is 39.9 Å². The zero-order chi connectivity index (χ0) is 26.1. The molecule has 1 unspecified atom stereocenters. The largest absolute Gasteiger partial charge is 0.508 e. The van der Waals surface area contributed by atoms with Crippen LogP contribution in [0.5, 0.6) is 5.75 Å². The van der Waals surface area contributed by atoms with Gasteiger partial charge in [0.2, 0.25) is 0 Å². The molecule has 2 aromatic heterocycles. The van der Waals surface area contributed by atoms with Crippen LogP contribution in [0.25, 0.3) is 11.6 Å². The van der Waals surface area contributed by atoms with Crippen LogP contribution in [-0.2, 0) is 6.54 Å². The lowest BCUT2D eigenvalue weighted by Gasteiger charge is -2.47. The number of anilines is 3. The summed E-state index contributed by atoms with van der Waals surface area (Å²) < 4.78 is 19.3. The van der Waals surface area contributed by atoms with Crippen LogP contribution in [0.2, 0.25) is 0 Å². The van der Waals surface area contributed by atoms with Gasteiger partial charge in [-0.15, -0.1) is 5.10 Å². The Bertz CT molecular complexity index is 1300. The molecule has 12 nitrogen and oxygen atoms in total. The molecular formula is C24H32FN9O3. The number of aromatic nitrogens is 4. The number of nitrogens with two attached hydrogens (primary N) is 2. The van der Waals surface area contributed by atoms with Crippen molar-refractivity contribution in [2.75, 3.05) is 49.1 Å². The quantitative estimate of drug-likeness (QED) is 0.376. The molecule has 2 aliphatic rings. The molecule has 4 heterocycles. The molecule has 5 rings (SSSR count). The second-order valence-corrected chi connectivity index (χ2v) is 9.62. The highest BCUT2D eigenvalue weighted by Gasteiger charge is 2.34. The number of halogens is 1. The molecule has 2 saturated heterocycles. The molecular weight excluding hydrogens is 481 g/mol. The van der Waals surface area contributed by atoms with Crippen molar-refractivity contribution in [2.24, 2.45) is 0 Å². The number of piperidine rings is 1. The van der Waals surface area contributed by atoms with Crippen LogP contribution in [0.3, 0.4) is 0 Å². The van der Waals surface area contributed by atoms with E-state index in [0.717, 1.165) is 45.0 Å². The topological polar surface area (TPSA) is 167 Å². The third-order valence-electron chi connectivity index (χ3n) is 7.33. The number of likely N-dealkylation sites (tertiary alicyclic amines) is 1. The van der Waals surface area contributed by atoms with Crippen LogP contribution in [0, 0.1) is 5.82 Å². The van der Waals surface area contributed by atoms with Crippen LogP contribution in [0.1, 0.15) is 31.7 Å². The molecule has 0 aliphatic carbocycles. The number of nitrogens with one attached hydrogen (secondary N) is 1. The molecule has 2 aliphatic heterocycles. The van der Waals surface area contributed by atoms with Gasteiger partial charge in [-0.2, -0.15) is 0 Å². The van der Waals surface area contributed by atoms with Crippen molar-refractivity contribution in [3.63, 3.8) is 0 Å². The van der Waals surface area contributed by atoms with E-state index in [1.807, 2.05) is 4.90 Å². The van der Waals surface area contributed by atoms with Gasteiger partial charge in [0, 0.05) is 49.9 Å². The number of aromatic hydroxyl groups is 1. The first-order valence-electron chi connectivity index (χ1n) is 12.5. The van der Waals surface area contributed by atoms with Crippen molar-refractivity contribution < 1.29 is 13.9 Å². The maximum atomic E-state index is 14.2. The second kappa shape index (κ2) is 10.3. The third kappa shape index (κ3) is 5.23. The smallest absolute Gasteiger partial charge is 0.313 e. The highest BCUT2D eigenvalue weighted by atomic mass is 19.1. The SMILES string of the molecule is CCC1CN(c2nc(N)c(-c3nnc(N)o3)[nH]c2=O)CCN1C1CCN(Cc2ccc(O)cc2F)CC1. The van der Waals surface area contributed by atoms with E-state index in [1.165, 1.54) is 6.07 Å². The fraction of sp³-hybridized carbons (Fsp3) is 0.500. The molecule has 2 fully saturated rings. The van der Waals surface area contributed by atoms with Crippen LogP contribution in [0.15, 0.2) is 27.4 Å². The minimum absolute atomic E-state index is 0.0156. The molecule has 198 valence electrons. The van der Waals surface area contributed by atoms with Gasteiger partial charge in [-0.05, 0) is 38.4 Å². The van der Waals surface area contributed by atoms with E-state index in [2.05, 4.69) is 36.9 Å². The normalized spacial score (nSPS) is 19.9. The van der Waals surface area contributed by atoms with Crippen LogP contribution in [0.4, 0.5) is 22.0 Å². The Morgan fingerprint density at radius 2 is 1.97 bits per heavy atom. The van der Waals surface area contributed by atoms with E-state index in [-0.39, 0.29) is 52.4 Å². The van der Waals surface area contributed by atoms with Gasteiger partial charge in [0.1, 0.15) is 17.3 Å². The van der Waals surface area contributed by atoms with Gasteiger partial charge in [-0.3, -0.25) is 14.6 Å².